The molecule has 3 heterocycles. The molecular weight excluding hydrogens is 498 g/mol. The van der Waals surface area contributed by atoms with Gasteiger partial charge in [0, 0.05) is 19.9 Å². The van der Waals surface area contributed by atoms with E-state index in [1.807, 2.05) is 43.5 Å². The van der Waals surface area contributed by atoms with E-state index in [-0.39, 0.29) is 30.2 Å². The summed E-state index contributed by atoms with van der Waals surface area (Å²) in [6.07, 6.45) is 2.74. The number of hydrogen-bond acceptors (Lipinski definition) is 7. The predicted molar refractivity (Wildman–Crippen MR) is 148 cm³/mol. The molecule has 0 radical (unpaired) electrons. The number of benzene rings is 1. The first kappa shape index (κ1) is 28.2. The van der Waals surface area contributed by atoms with Crippen LogP contribution in [0.3, 0.4) is 0 Å². The molecule has 39 heavy (non-hydrogen) atoms. The molecule has 1 aromatic carbocycles. The molecular formula is C30H37N3O6. The Morgan fingerprint density at radius 3 is 2.54 bits per heavy atom. The Morgan fingerprint density at radius 1 is 1.10 bits per heavy atom. The highest BCUT2D eigenvalue weighted by Crippen LogP contribution is 2.42. The van der Waals surface area contributed by atoms with E-state index in [9.17, 15) is 14.7 Å². The monoisotopic (exact) mass is 535 g/mol. The largest absolute Gasteiger partial charge is 0.505 e. The van der Waals surface area contributed by atoms with Crippen molar-refractivity contribution in [1.82, 2.24) is 14.3 Å². The van der Waals surface area contributed by atoms with Crippen LogP contribution in [-0.4, -0.2) is 64.6 Å². The number of carbonyl (C=O) groups is 2. The molecule has 9 heteroatoms. The van der Waals surface area contributed by atoms with Crippen molar-refractivity contribution in [3.63, 3.8) is 0 Å². The first-order valence-electron chi connectivity index (χ1n) is 13.3. The zero-order valence-corrected chi connectivity index (χ0v) is 23.5. The lowest BCUT2D eigenvalue weighted by Crippen LogP contribution is -2.32. The second kappa shape index (κ2) is 11.9. The Balaban J connectivity index is 1.85. The number of hydrogen-bond donors (Lipinski definition) is 1. The Kier molecular flexibility index (Phi) is 8.60. The molecule has 1 aliphatic rings. The summed E-state index contributed by atoms with van der Waals surface area (Å²) in [5.74, 6) is -0.193. The summed E-state index contributed by atoms with van der Waals surface area (Å²) in [4.78, 5) is 32.7. The number of ether oxygens (including phenoxy) is 3. The van der Waals surface area contributed by atoms with Gasteiger partial charge in [0.05, 0.1) is 37.1 Å². The second-order valence-corrected chi connectivity index (χ2v) is 10.1. The van der Waals surface area contributed by atoms with Gasteiger partial charge in [0.15, 0.2) is 17.3 Å². The number of aromatic nitrogens is 2. The molecule has 1 aliphatic heterocycles. The lowest BCUT2D eigenvalue weighted by Gasteiger charge is -2.25. The average Bonchev–Trinajstić information content (AvgIpc) is 3.37. The number of amides is 1. The zero-order valence-electron chi connectivity index (χ0n) is 23.5. The third-order valence-corrected chi connectivity index (χ3v) is 6.92. The lowest BCUT2D eigenvalue weighted by molar-refractivity contribution is -0.140. The van der Waals surface area contributed by atoms with Gasteiger partial charge >= 0.3 is 0 Å². The first-order valence-corrected chi connectivity index (χ1v) is 13.3. The molecule has 0 bridgehead atoms. The molecule has 1 atom stereocenters. The standard InChI is InChI=1S/C30H37N3O6/c1-7-38-23-17-21(10-11-22(23)39-15-12-18(2)3)26-24(28(35)30(36)33(26)14-16-37-6)27(34)25-20(5)32-13-8-9-19(4)29(32)31-25/h8-11,13,17-18,26,34H,7,12,14-16H2,1-6H3/b27-24+. The van der Waals surface area contributed by atoms with E-state index in [4.69, 9.17) is 14.2 Å². The van der Waals surface area contributed by atoms with Crippen LogP contribution < -0.4 is 9.47 Å². The molecule has 1 fully saturated rings. The first-order chi connectivity index (χ1) is 18.7. The van der Waals surface area contributed by atoms with Crippen molar-refractivity contribution in [2.45, 2.75) is 47.1 Å². The maximum atomic E-state index is 13.4. The Hall–Kier alpha value is -3.85. The second-order valence-electron chi connectivity index (χ2n) is 10.1. The summed E-state index contributed by atoms with van der Waals surface area (Å²) >= 11 is 0. The number of Topliss-reactive ketones (excluding diaryl/α,β-unsaturated/α-hetero) is 1. The number of pyridine rings is 1. The third-order valence-electron chi connectivity index (χ3n) is 6.92. The van der Waals surface area contributed by atoms with Gasteiger partial charge < -0.3 is 28.6 Å². The number of imidazole rings is 1. The van der Waals surface area contributed by atoms with E-state index in [1.165, 1.54) is 12.0 Å². The highest BCUT2D eigenvalue weighted by Gasteiger charge is 2.46. The predicted octanol–water partition coefficient (Wildman–Crippen LogP) is 4.84. The van der Waals surface area contributed by atoms with Gasteiger partial charge in [0.2, 0.25) is 0 Å². The SMILES string of the molecule is CCOc1cc(C2/C(=C(\O)c3nc4c(C)cccn4c3C)C(=O)C(=O)N2CCOC)ccc1OCCC(C)C. The van der Waals surface area contributed by atoms with Crippen LogP contribution in [0.15, 0.2) is 42.1 Å². The number of ketones is 1. The Bertz CT molecular complexity index is 1410. The molecule has 0 spiro atoms. The van der Waals surface area contributed by atoms with Crippen LogP contribution in [0.2, 0.25) is 0 Å². The van der Waals surface area contributed by atoms with E-state index < -0.39 is 17.7 Å². The number of methoxy groups -OCH3 is 1. The van der Waals surface area contributed by atoms with E-state index in [2.05, 4.69) is 18.8 Å². The van der Waals surface area contributed by atoms with E-state index in [1.54, 1.807) is 18.2 Å². The average molecular weight is 536 g/mol. The van der Waals surface area contributed by atoms with Gasteiger partial charge in [-0.25, -0.2) is 4.98 Å². The van der Waals surface area contributed by atoms with Gasteiger partial charge in [-0.3, -0.25) is 9.59 Å². The van der Waals surface area contributed by atoms with Crippen molar-refractivity contribution in [3.05, 3.63) is 64.6 Å². The summed E-state index contributed by atoms with van der Waals surface area (Å²) < 4.78 is 19.0. The number of fused-ring (bicyclic) bond motifs is 1. The number of aliphatic hydroxyl groups is 1. The van der Waals surface area contributed by atoms with Gasteiger partial charge in [0.25, 0.3) is 11.7 Å². The highest BCUT2D eigenvalue weighted by atomic mass is 16.5. The minimum atomic E-state index is -0.852. The summed E-state index contributed by atoms with van der Waals surface area (Å²) in [5.41, 5.74) is 3.12. The van der Waals surface area contributed by atoms with Crippen LogP contribution >= 0.6 is 0 Å². The quantitative estimate of drug-likeness (QED) is 0.213. The van der Waals surface area contributed by atoms with Crippen molar-refractivity contribution in [3.8, 4) is 11.5 Å². The third kappa shape index (κ3) is 5.49. The summed E-state index contributed by atoms with van der Waals surface area (Å²) in [6, 6.07) is 8.33. The Morgan fingerprint density at radius 2 is 1.87 bits per heavy atom. The maximum absolute atomic E-state index is 13.4. The summed E-state index contributed by atoms with van der Waals surface area (Å²) in [5, 5.41) is 11.6. The number of carbonyl (C=O) groups excluding carboxylic acids is 2. The molecule has 9 nitrogen and oxygen atoms in total. The fourth-order valence-electron chi connectivity index (χ4n) is 4.81. The summed E-state index contributed by atoms with van der Waals surface area (Å²) in [6.45, 7) is 11.2. The van der Waals surface area contributed by atoms with Crippen LogP contribution in [0.5, 0.6) is 11.5 Å². The van der Waals surface area contributed by atoms with Crippen molar-refractivity contribution in [2.24, 2.45) is 5.92 Å². The van der Waals surface area contributed by atoms with Crippen LogP contribution in [0, 0.1) is 19.8 Å². The molecule has 0 aliphatic carbocycles. The normalized spacial score (nSPS) is 17.0. The van der Waals surface area contributed by atoms with Gasteiger partial charge in [-0.15, -0.1) is 0 Å². The van der Waals surface area contributed by atoms with E-state index >= 15 is 0 Å². The fourth-order valence-corrected chi connectivity index (χ4v) is 4.81. The molecule has 208 valence electrons. The fraction of sp³-hybridized carbons (Fsp3) is 0.433. The van der Waals surface area contributed by atoms with Gasteiger partial charge in [0.1, 0.15) is 11.3 Å². The van der Waals surface area contributed by atoms with E-state index in [0.29, 0.717) is 47.5 Å². The molecule has 2 aromatic heterocycles. The molecule has 3 aromatic rings. The van der Waals surface area contributed by atoms with E-state index in [0.717, 1.165) is 12.0 Å². The number of aliphatic hydroxyl groups excluding tert-OH is 1. The number of likely N-dealkylation sites (tertiary alicyclic amines) is 1. The van der Waals surface area contributed by atoms with Crippen molar-refractivity contribution in [2.75, 3.05) is 33.5 Å². The molecule has 0 saturated carbocycles. The summed E-state index contributed by atoms with van der Waals surface area (Å²) in [7, 11) is 1.53. The van der Waals surface area contributed by atoms with Crippen LogP contribution in [0.25, 0.3) is 11.4 Å². The topological polar surface area (TPSA) is 103 Å². The van der Waals surface area contributed by atoms with Gasteiger partial charge in [-0.1, -0.05) is 26.0 Å². The highest BCUT2D eigenvalue weighted by molar-refractivity contribution is 6.46. The van der Waals surface area contributed by atoms with Crippen molar-refractivity contribution in [1.29, 1.82) is 0 Å². The van der Waals surface area contributed by atoms with Crippen LogP contribution in [0.4, 0.5) is 0 Å². The van der Waals surface area contributed by atoms with Crippen molar-refractivity contribution >= 4 is 23.1 Å². The number of nitrogens with zero attached hydrogens (tertiary/aromatic N) is 3. The number of aryl methyl sites for hydroxylation is 2. The van der Waals surface area contributed by atoms with Crippen molar-refractivity contribution < 1.29 is 28.9 Å². The lowest BCUT2D eigenvalue weighted by atomic mass is 9.96. The zero-order chi connectivity index (χ0) is 28.3. The number of rotatable bonds is 11. The molecule has 4 rings (SSSR count). The molecule has 1 amide bonds. The van der Waals surface area contributed by atoms with Crippen LogP contribution in [0.1, 0.15) is 55.7 Å². The minimum absolute atomic E-state index is 0.0174. The molecule has 1 saturated heterocycles. The maximum Gasteiger partial charge on any atom is 0.295 e. The molecule has 1 unspecified atom stereocenters. The minimum Gasteiger partial charge on any atom is -0.505 e. The van der Waals surface area contributed by atoms with Gasteiger partial charge in [-0.05, 0) is 62.4 Å². The van der Waals surface area contributed by atoms with Crippen LogP contribution in [-0.2, 0) is 14.3 Å². The Labute approximate surface area is 229 Å². The smallest absolute Gasteiger partial charge is 0.295 e. The van der Waals surface area contributed by atoms with Gasteiger partial charge in [-0.2, -0.15) is 0 Å². The molecule has 1 N–H and O–H groups in total.